The van der Waals surface area contributed by atoms with Gasteiger partial charge in [-0.3, -0.25) is 4.79 Å². The molecule has 1 amide bonds. The van der Waals surface area contributed by atoms with Crippen LogP contribution < -0.4 is 11.1 Å². The largest absolute Gasteiger partial charge is 0.381 e. The Bertz CT molecular complexity index is 700. The first-order valence-electron chi connectivity index (χ1n) is 8.53. The van der Waals surface area contributed by atoms with Crippen molar-refractivity contribution >= 4 is 15.7 Å². The molecule has 6 nitrogen and oxygen atoms in total. The van der Waals surface area contributed by atoms with Crippen LogP contribution in [0.3, 0.4) is 0 Å². The summed E-state index contributed by atoms with van der Waals surface area (Å²) < 4.78 is 30.1. The number of nitrogens with one attached hydrogen (secondary N) is 1. The van der Waals surface area contributed by atoms with Crippen molar-refractivity contribution < 1.29 is 17.9 Å². The lowest BCUT2D eigenvalue weighted by atomic mass is 9.87. The molecule has 7 heteroatoms. The summed E-state index contributed by atoms with van der Waals surface area (Å²) in [5.74, 6) is -0.464. The molecule has 1 aromatic rings. The molecule has 25 heavy (non-hydrogen) atoms. The van der Waals surface area contributed by atoms with Gasteiger partial charge in [0.05, 0.1) is 16.2 Å². The smallest absolute Gasteiger partial charge is 0.240 e. The van der Waals surface area contributed by atoms with Crippen molar-refractivity contribution in [3.05, 3.63) is 29.8 Å². The fourth-order valence-electron chi connectivity index (χ4n) is 2.72. The van der Waals surface area contributed by atoms with Gasteiger partial charge in [-0.2, -0.15) is 0 Å². The monoisotopic (exact) mass is 368 g/mol. The molecule has 0 aromatic heterocycles. The average molecular weight is 368 g/mol. The second-order valence-electron chi connectivity index (χ2n) is 7.62. The quantitative estimate of drug-likeness (QED) is 0.818. The SMILES string of the molecule is CC(C)(C)c1ccc(S(=O)(=O)CCNC(=O)C2(N)CCOCC2)cc1. The summed E-state index contributed by atoms with van der Waals surface area (Å²) in [7, 11) is -3.45. The summed E-state index contributed by atoms with van der Waals surface area (Å²) in [6.45, 7) is 7.16. The Labute approximate surface area is 150 Å². The van der Waals surface area contributed by atoms with E-state index in [0.717, 1.165) is 5.56 Å². The van der Waals surface area contributed by atoms with Crippen LogP contribution in [0.1, 0.15) is 39.2 Å². The molecule has 3 N–H and O–H groups in total. The van der Waals surface area contributed by atoms with Gasteiger partial charge < -0.3 is 15.8 Å². The van der Waals surface area contributed by atoms with Crippen LogP contribution in [0.15, 0.2) is 29.2 Å². The summed E-state index contributed by atoms with van der Waals surface area (Å²) in [4.78, 5) is 12.5. The highest BCUT2D eigenvalue weighted by atomic mass is 32.2. The third kappa shape index (κ3) is 5.03. The average Bonchev–Trinajstić information content (AvgIpc) is 2.54. The third-order valence-electron chi connectivity index (χ3n) is 4.57. The molecule has 1 saturated heterocycles. The Morgan fingerprint density at radius 1 is 1.20 bits per heavy atom. The van der Waals surface area contributed by atoms with Crippen LogP contribution in [0, 0.1) is 0 Å². The lowest BCUT2D eigenvalue weighted by Crippen LogP contribution is -2.57. The van der Waals surface area contributed by atoms with E-state index in [-0.39, 0.29) is 28.5 Å². The number of carbonyl (C=O) groups excluding carboxylic acids is 1. The molecule has 0 atom stereocenters. The van der Waals surface area contributed by atoms with Crippen LogP contribution in [-0.4, -0.2) is 45.4 Å². The van der Waals surface area contributed by atoms with Gasteiger partial charge in [0.15, 0.2) is 9.84 Å². The van der Waals surface area contributed by atoms with Gasteiger partial charge in [-0.05, 0) is 36.0 Å². The Kier molecular flexibility index (Phi) is 5.91. The molecule has 0 spiro atoms. The zero-order valence-corrected chi connectivity index (χ0v) is 16.0. The van der Waals surface area contributed by atoms with Crippen LogP contribution in [0.5, 0.6) is 0 Å². The maximum atomic E-state index is 12.4. The first-order chi connectivity index (χ1) is 11.5. The van der Waals surface area contributed by atoms with Gasteiger partial charge in [0.25, 0.3) is 0 Å². The summed E-state index contributed by atoms with van der Waals surface area (Å²) in [5.41, 5.74) is 6.16. The number of carbonyl (C=O) groups is 1. The van der Waals surface area contributed by atoms with E-state index in [0.29, 0.717) is 26.1 Å². The maximum absolute atomic E-state index is 12.4. The summed E-state index contributed by atoms with van der Waals surface area (Å²) in [6.07, 6.45) is 0.889. The fourth-order valence-corrected chi connectivity index (χ4v) is 3.88. The summed E-state index contributed by atoms with van der Waals surface area (Å²) in [5, 5.41) is 2.66. The number of benzene rings is 1. The molecule has 0 aliphatic carbocycles. The molecule has 0 saturated carbocycles. The molecule has 1 fully saturated rings. The standard InChI is InChI=1S/C18H28N2O4S/c1-17(2,3)14-4-6-15(7-5-14)25(22,23)13-10-20-16(21)18(19)8-11-24-12-9-18/h4-7H,8-13,19H2,1-3H3,(H,20,21). The van der Waals surface area contributed by atoms with Gasteiger partial charge in [0, 0.05) is 19.8 Å². The van der Waals surface area contributed by atoms with Crippen molar-refractivity contribution in [1.29, 1.82) is 0 Å². The number of rotatable bonds is 5. The predicted octanol–water partition coefficient (Wildman–Crippen LogP) is 1.38. The highest BCUT2D eigenvalue weighted by molar-refractivity contribution is 7.91. The Hall–Kier alpha value is -1.44. The van der Waals surface area contributed by atoms with E-state index in [2.05, 4.69) is 26.1 Å². The minimum Gasteiger partial charge on any atom is -0.381 e. The molecule has 0 bridgehead atoms. The van der Waals surface area contributed by atoms with Crippen LogP contribution in [-0.2, 0) is 24.8 Å². The van der Waals surface area contributed by atoms with Crippen molar-refractivity contribution in [3.8, 4) is 0 Å². The molecular weight excluding hydrogens is 340 g/mol. The molecule has 1 aliphatic heterocycles. The zero-order valence-electron chi connectivity index (χ0n) is 15.2. The lowest BCUT2D eigenvalue weighted by molar-refractivity contribution is -0.129. The van der Waals surface area contributed by atoms with Crippen LogP contribution in [0.4, 0.5) is 0 Å². The molecular formula is C18H28N2O4S. The van der Waals surface area contributed by atoms with Gasteiger partial charge in [-0.1, -0.05) is 32.9 Å². The molecule has 1 aromatic carbocycles. The Morgan fingerprint density at radius 2 is 1.76 bits per heavy atom. The van der Waals surface area contributed by atoms with E-state index < -0.39 is 15.4 Å². The minimum absolute atomic E-state index is 0.0323. The van der Waals surface area contributed by atoms with Crippen molar-refractivity contribution in [2.24, 2.45) is 5.73 Å². The number of amides is 1. The third-order valence-corrected chi connectivity index (χ3v) is 6.31. The predicted molar refractivity (Wildman–Crippen MR) is 97.2 cm³/mol. The second kappa shape index (κ2) is 7.43. The van der Waals surface area contributed by atoms with Gasteiger partial charge in [-0.15, -0.1) is 0 Å². The normalized spacial score (nSPS) is 17.9. The van der Waals surface area contributed by atoms with E-state index >= 15 is 0 Å². The topological polar surface area (TPSA) is 98.5 Å². The van der Waals surface area contributed by atoms with E-state index in [1.807, 2.05) is 12.1 Å². The van der Waals surface area contributed by atoms with Crippen molar-refractivity contribution in [1.82, 2.24) is 5.32 Å². The fraction of sp³-hybridized carbons (Fsp3) is 0.611. The number of ether oxygens (including phenoxy) is 1. The van der Waals surface area contributed by atoms with Crippen molar-refractivity contribution in [2.45, 2.75) is 49.5 Å². The summed E-state index contributed by atoms with van der Waals surface area (Å²) in [6, 6.07) is 6.92. The van der Waals surface area contributed by atoms with Gasteiger partial charge in [0.2, 0.25) is 5.91 Å². The zero-order chi connectivity index (χ0) is 18.7. The first kappa shape index (κ1) is 19.9. The van der Waals surface area contributed by atoms with Gasteiger partial charge in [0.1, 0.15) is 0 Å². The Morgan fingerprint density at radius 3 is 2.28 bits per heavy atom. The van der Waals surface area contributed by atoms with Gasteiger partial charge in [-0.25, -0.2) is 8.42 Å². The molecule has 1 aliphatic rings. The highest BCUT2D eigenvalue weighted by Crippen LogP contribution is 2.23. The molecule has 1 heterocycles. The Balaban J connectivity index is 1.94. The number of nitrogens with two attached hydrogens (primary N) is 1. The lowest BCUT2D eigenvalue weighted by Gasteiger charge is -2.31. The van der Waals surface area contributed by atoms with Gasteiger partial charge >= 0.3 is 0 Å². The van der Waals surface area contributed by atoms with E-state index in [9.17, 15) is 13.2 Å². The minimum atomic E-state index is -3.45. The first-order valence-corrected chi connectivity index (χ1v) is 10.2. The number of sulfone groups is 1. The van der Waals surface area contributed by atoms with E-state index in [1.165, 1.54) is 0 Å². The molecule has 0 radical (unpaired) electrons. The number of hydrogen-bond donors (Lipinski definition) is 2. The second-order valence-corrected chi connectivity index (χ2v) is 9.73. The molecule has 2 rings (SSSR count). The summed E-state index contributed by atoms with van der Waals surface area (Å²) >= 11 is 0. The van der Waals surface area contributed by atoms with Crippen LogP contribution in [0.2, 0.25) is 0 Å². The number of hydrogen-bond acceptors (Lipinski definition) is 5. The van der Waals surface area contributed by atoms with E-state index in [1.54, 1.807) is 12.1 Å². The molecule has 0 unspecified atom stereocenters. The van der Waals surface area contributed by atoms with E-state index in [4.69, 9.17) is 10.5 Å². The molecule has 140 valence electrons. The highest BCUT2D eigenvalue weighted by Gasteiger charge is 2.35. The maximum Gasteiger partial charge on any atom is 0.240 e. The van der Waals surface area contributed by atoms with Crippen molar-refractivity contribution in [3.63, 3.8) is 0 Å². The van der Waals surface area contributed by atoms with Crippen LogP contribution in [0.25, 0.3) is 0 Å². The van der Waals surface area contributed by atoms with Crippen molar-refractivity contribution in [2.75, 3.05) is 25.5 Å². The van der Waals surface area contributed by atoms with Crippen LogP contribution >= 0.6 is 0 Å².